The molecular formula is C16H32IO2-. The first-order valence-corrected chi connectivity index (χ1v) is 11.6. The molecule has 0 aliphatic rings. The Hall–Kier alpha value is 0.200. The first kappa shape index (κ1) is 19.2. The number of rotatable bonds is 14. The summed E-state index contributed by atoms with van der Waals surface area (Å²) in [6, 6.07) is 0. The van der Waals surface area contributed by atoms with Gasteiger partial charge < -0.3 is 0 Å². The molecule has 0 spiro atoms. The normalized spacial score (nSPS) is 10.8. The van der Waals surface area contributed by atoms with Gasteiger partial charge in [0.2, 0.25) is 0 Å². The van der Waals surface area contributed by atoms with Crippen molar-refractivity contribution in [2.45, 2.75) is 77.6 Å². The molecule has 0 aliphatic carbocycles. The summed E-state index contributed by atoms with van der Waals surface area (Å²) in [4.78, 5) is 13.5. The van der Waals surface area contributed by atoms with Gasteiger partial charge in [-0.1, -0.05) is 26.2 Å². The quantitative estimate of drug-likeness (QED) is 0.197. The number of alkyl halides is 2. The summed E-state index contributed by atoms with van der Waals surface area (Å²) in [5, 5.41) is 0. The van der Waals surface area contributed by atoms with Gasteiger partial charge in [-0.2, -0.15) is 0 Å². The van der Waals surface area contributed by atoms with Crippen molar-refractivity contribution in [1.82, 2.24) is 0 Å². The molecule has 3 heteroatoms. The molecule has 0 aromatic heterocycles. The number of hydrogen-bond acceptors (Lipinski definition) is 2. The van der Waals surface area contributed by atoms with E-state index in [1.807, 2.05) is 0 Å². The zero-order valence-corrected chi connectivity index (χ0v) is 15.0. The molecule has 0 rings (SSSR count). The van der Waals surface area contributed by atoms with E-state index in [-0.39, 0.29) is 27.2 Å². The van der Waals surface area contributed by atoms with Gasteiger partial charge in [-0.15, -0.1) is 0 Å². The van der Waals surface area contributed by atoms with Crippen LogP contribution in [0, 0.1) is 0 Å². The minimum atomic E-state index is 0.0116. The molecule has 116 valence electrons. The Bertz CT molecular complexity index is 195. The molecule has 0 fully saturated rings. The minimum absolute atomic E-state index is 0.0116. The number of carbonyl (C=O) groups is 1. The van der Waals surface area contributed by atoms with Gasteiger partial charge >= 0.3 is 104 Å². The molecule has 0 saturated carbocycles. The molecule has 0 radical (unpaired) electrons. The van der Waals surface area contributed by atoms with Crippen molar-refractivity contribution in [3.8, 4) is 0 Å². The van der Waals surface area contributed by atoms with E-state index < -0.39 is 0 Å². The van der Waals surface area contributed by atoms with Gasteiger partial charge in [-0.3, -0.25) is 0 Å². The van der Waals surface area contributed by atoms with Crippen LogP contribution in [0.4, 0.5) is 0 Å². The molecular weight excluding hydrogens is 351 g/mol. The van der Waals surface area contributed by atoms with Gasteiger partial charge in [0.1, 0.15) is 0 Å². The summed E-state index contributed by atoms with van der Waals surface area (Å²) in [5.74, 6) is 0.0116. The third kappa shape index (κ3) is 16.1. The first-order valence-electron chi connectivity index (χ1n) is 7.90. The van der Waals surface area contributed by atoms with Crippen molar-refractivity contribution in [2.24, 2.45) is 0 Å². The Kier molecular flexibility index (Phi) is 16.4. The van der Waals surface area contributed by atoms with E-state index in [0.29, 0.717) is 13.0 Å². The Labute approximate surface area is 130 Å². The van der Waals surface area contributed by atoms with Crippen LogP contribution in [-0.2, 0) is 9.53 Å². The van der Waals surface area contributed by atoms with Crippen molar-refractivity contribution >= 4 is 5.97 Å². The Morgan fingerprint density at radius 2 is 1.42 bits per heavy atom. The maximum atomic E-state index is 11.3. The molecule has 0 aromatic rings. The predicted molar refractivity (Wildman–Crippen MR) is 78.2 cm³/mol. The van der Waals surface area contributed by atoms with E-state index in [2.05, 4.69) is 11.9 Å². The fourth-order valence-corrected chi connectivity index (χ4v) is 3.00. The molecule has 0 aromatic carbocycles. The van der Waals surface area contributed by atoms with E-state index in [4.69, 9.17) is 4.74 Å². The van der Waals surface area contributed by atoms with Crippen LogP contribution >= 0.6 is 0 Å². The number of hydrogen-bond donors (Lipinski definition) is 0. The van der Waals surface area contributed by atoms with Crippen LogP contribution in [0.15, 0.2) is 0 Å². The molecule has 0 unspecified atom stereocenters. The van der Waals surface area contributed by atoms with Gasteiger partial charge in [0.15, 0.2) is 0 Å². The van der Waals surface area contributed by atoms with E-state index in [0.717, 1.165) is 10.8 Å². The molecule has 0 bridgehead atoms. The predicted octanol–water partition coefficient (Wildman–Crippen LogP) is 1.56. The SMILES string of the molecule is CCCCCCCCCCCCOC(=O)CC[I-]C. The summed E-state index contributed by atoms with van der Waals surface area (Å²) in [6.07, 6.45) is 13.9. The van der Waals surface area contributed by atoms with E-state index in [9.17, 15) is 4.79 Å². The summed E-state index contributed by atoms with van der Waals surface area (Å²) >= 11 is 0.237. The molecule has 0 N–H and O–H groups in total. The number of halogens is 1. The summed E-state index contributed by atoms with van der Waals surface area (Å²) in [7, 11) is 0. The van der Waals surface area contributed by atoms with Crippen LogP contribution in [0.25, 0.3) is 0 Å². The van der Waals surface area contributed by atoms with Crippen molar-refractivity contribution in [2.75, 3.05) is 16.0 Å². The Morgan fingerprint density at radius 3 is 1.95 bits per heavy atom. The number of ether oxygens (including phenoxy) is 1. The van der Waals surface area contributed by atoms with Crippen LogP contribution < -0.4 is 21.2 Å². The average Bonchev–Trinajstić information content (AvgIpc) is 2.42. The molecule has 2 nitrogen and oxygen atoms in total. The molecule has 0 amide bonds. The molecule has 0 heterocycles. The Morgan fingerprint density at radius 1 is 0.895 bits per heavy atom. The van der Waals surface area contributed by atoms with Crippen molar-refractivity contribution < 1.29 is 30.7 Å². The first-order chi connectivity index (χ1) is 9.31. The van der Waals surface area contributed by atoms with Crippen LogP contribution in [0.1, 0.15) is 77.6 Å². The van der Waals surface area contributed by atoms with Crippen molar-refractivity contribution in [3.05, 3.63) is 0 Å². The molecule has 19 heavy (non-hydrogen) atoms. The van der Waals surface area contributed by atoms with Crippen LogP contribution in [-0.4, -0.2) is 21.9 Å². The number of carbonyl (C=O) groups excluding carboxylic acids is 1. The maximum absolute atomic E-state index is 11.3. The number of esters is 1. The standard InChI is InChI=1S/C16H32IO2/c1-3-4-5-6-7-8-9-10-11-12-15-19-16(18)13-14-17-2/h3-15H2,1-2H3/q-1. The topological polar surface area (TPSA) is 26.3 Å². The van der Waals surface area contributed by atoms with Gasteiger partial charge in [-0.25, -0.2) is 0 Å². The van der Waals surface area contributed by atoms with Gasteiger partial charge in [0.05, 0.1) is 0 Å². The summed E-state index contributed by atoms with van der Waals surface area (Å²) < 4.78 is 6.26. The zero-order chi connectivity index (χ0) is 14.2. The van der Waals surface area contributed by atoms with E-state index in [1.165, 1.54) is 57.8 Å². The van der Waals surface area contributed by atoms with Gasteiger partial charge in [-0.05, 0) is 0 Å². The molecule has 0 aliphatic heterocycles. The third-order valence-corrected chi connectivity index (χ3v) is 4.87. The number of unbranched alkanes of at least 4 members (excludes halogenated alkanes) is 9. The fraction of sp³-hybridized carbons (Fsp3) is 0.938. The second-order valence-electron chi connectivity index (χ2n) is 5.11. The van der Waals surface area contributed by atoms with E-state index >= 15 is 0 Å². The van der Waals surface area contributed by atoms with Gasteiger partial charge in [0, 0.05) is 0 Å². The van der Waals surface area contributed by atoms with Crippen molar-refractivity contribution in [1.29, 1.82) is 0 Å². The second kappa shape index (κ2) is 16.3. The zero-order valence-electron chi connectivity index (χ0n) is 12.9. The third-order valence-electron chi connectivity index (χ3n) is 3.25. The van der Waals surface area contributed by atoms with Crippen LogP contribution in [0.5, 0.6) is 0 Å². The summed E-state index contributed by atoms with van der Waals surface area (Å²) in [6.45, 7) is 2.90. The van der Waals surface area contributed by atoms with Crippen molar-refractivity contribution in [3.63, 3.8) is 0 Å². The van der Waals surface area contributed by atoms with Crippen LogP contribution in [0.3, 0.4) is 0 Å². The second-order valence-corrected chi connectivity index (χ2v) is 7.71. The van der Waals surface area contributed by atoms with Gasteiger partial charge in [0.25, 0.3) is 0 Å². The average molecular weight is 383 g/mol. The fourth-order valence-electron chi connectivity index (χ4n) is 2.02. The van der Waals surface area contributed by atoms with E-state index in [1.54, 1.807) is 0 Å². The molecule has 0 saturated heterocycles. The monoisotopic (exact) mass is 383 g/mol. The Balaban J connectivity index is 3.04. The summed E-state index contributed by atoms with van der Waals surface area (Å²) in [5.41, 5.74) is 0. The molecule has 0 atom stereocenters. The van der Waals surface area contributed by atoms with Crippen LogP contribution in [0.2, 0.25) is 0 Å².